The Morgan fingerprint density at radius 2 is 1.93 bits per heavy atom. The van der Waals surface area contributed by atoms with E-state index in [1.807, 2.05) is 6.07 Å². The first-order valence-corrected chi connectivity index (χ1v) is 10.5. The highest BCUT2D eigenvalue weighted by Crippen LogP contribution is 2.31. The third-order valence-electron chi connectivity index (χ3n) is 6.14. The van der Waals surface area contributed by atoms with E-state index in [1.165, 1.54) is 30.5 Å². The van der Waals surface area contributed by atoms with Crippen LogP contribution in [0, 0.1) is 12.3 Å². The van der Waals surface area contributed by atoms with Crippen LogP contribution in [0.3, 0.4) is 0 Å². The lowest BCUT2D eigenvalue weighted by Crippen LogP contribution is -2.56. The van der Waals surface area contributed by atoms with Crippen molar-refractivity contribution in [2.75, 3.05) is 33.4 Å². The van der Waals surface area contributed by atoms with Gasteiger partial charge in [-0.25, -0.2) is 0 Å². The van der Waals surface area contributed by atoms with Crippen molar-refractivity contribution in [3.05, 3.63) is 59.7 Å². The summed E-state index contributed by atoms with van der Waals surface area (Å²) in [6.07, 6.45) is 9.05. The number of piperazine rings is 1. The Balaban J connectivity index is 1.51. The molecule has 2 heterocycles. The summed E-state index contributed by atoms with van der Waals surface area (Å²) in [5.74, 6) is 3.96. The number of rotatable bonds is 7. The van der Waals surface area contributed by atoms with Gasteiger partial charge in [0.2, 0.25) is 0 Å². The summed E-state index contributed by atoms with van der Waals surface area (Å²) < 4.78 is 11.1. The minimum Gasteiger partial charge on any atom is -0.493 e. The van der Waals surface area contributed by atoms with Crippen LogP contribution >= 0.6 is 0 Å². The highest BCUT2D eigenvalue weighted by atomic mass is 16.5. The van der Waals surface area contributed by atoms with Crippen molar-refractivity contribution >= 4 is 0 Å². The molecule has 0 bridgehead atoms. The molecule has 0 N–H and O–H groups in total. The molecule has 0 radical (unpaired) electrons. The summed E-state index contributed by atoms with van der Waals surface area (Å²) in [6, 6.07) is 18.3. The second kappa shape index (κ2) is 9.35. The lowest BCUT2D eigenvalue weighted by molar-refractivity contribution is 0.0455. The van der Waals surface area contributed by atoms with Crippen LogP contribution in [-0.2, 0) is 13.0 Å². The van der Waals surface area contributed by atoms with E-state index in [4.69, 9.17) is 15.9 Å². The summed E-state index contributed by atoms with van der Waals surface area (Å²) in [4.78, 5) is 5.36. The van der Waals surface area contributed by atoms with Crippen molar-refractivity contribution in [2.45, 2.75) is 37.9 Å². The molecular weight excluding hydrogens is 360 g/mol. The highest BCUT2D eigenvalue weighted by Gasteiger charge is 2.36. The van der Waals surface area contributed by atoms with Crippen LogP contribution in [-0.4, -0.2) is 55.2 Å². The lowest BCUT2D eigenvalue weighted by Gasteiger charge is -2.44. The summed E-state index contributed by atoms with van der Waals surface area (Å²) in [5.41, 5.74) is 2.66. The summed E-state index contributed by atoms with van der Waals surface area (Å²) in [7, 11) is 1.68. The molecule has 4 heteroatoms. The maximum absolute atomic E-state index is 5.60. The molecule has 0 aromatic heterocycles. The predicted molar refractivity (Wildman–Crippen MR) is 116 cm³/mol. The van der Waals surface area contributed by atoms with Crippen LogP contribution in [0.15, 0.2) is 48.5 Å². The molecule has 2 saturated heterocycles. The quantitative estimate of drug-likeness (QED) is 0.675. The first-order valence-electron chi connectivity index (χ1n) is 10.5. The highest BCUT2D eigenvalue weighted by molar-refractivity contribution is 5.43. The maximum Gasteiger partial charge on any atom is 0.162 e. The monoisotopic (exact) mass is 390 g/mol. The van der Waals surface area contributed by atoms with Crippen molar-refractivity contribution < 1.29 is 9.47 Å². The van der Waals surface area contributed by atoms with Gasteiger partial charge in [0, 0.05) is 31.7 Å². The van der Waals surface area contributed by atoms with Crippen molar-refractivity contribution in [2.24, 2.45) is 0 Å². The second-order valence-corrected chi connectivity index (χ2v) is 8.04. The zero-order valence-electron chi connectivity index (χ0n) is 17.2. The molecule has 152 valence electrons. The van der Waals surface area contributed by atoms with Gasteiger partial charge in [0.25, 0.3) is 0 Å². The number of hydrogen-bond acceptors (Lipinski definition) is 4. The van der Waals surface area contributed by atoms with Gasteiger partial charge in [0.1, 0.15) is 6.61 Å². The molecule has 2 aromatic rings. The molecular formula is C25H30N2O2. The number of benzene rings is 2. The summed E-state index contributed by atoms with van der Waals surface area (Å²) >= 11 is 0. The number of ether oxygens (including phenoxy) is 2. The fourth-order valence-electron chi connectivity index (χ4n) is 4.71. The first kappa shape index (κ1) is 19.8. The molecule has 2 aliphatic heterocycles. The molecule has 2 aliphatic rings. The van der Waals surface area contributed by atoms with Gasteiger partial charge in [-0.3, -0.25) is 9.80 Å². The topological polar surface area (TPSA) is 24.9 Å². The first-order chi connectivity index (χ1) is 14.3. The number of methoxy groups -OCH3 is 1. The number of hydrogen-bond donors (Lipinski definition) is 0. The van der Waals surface area contributed by atoms with E-state index in [0.717, 1.165) is 31.8 Å². The average Bonchev–Trinajstić information content (AvgIpc) is 3.21. The van der Waals surface area contributed by atoms with Crippen LogP contribution in [0.2, 0.25) is 0 Å². The Morgan fingerprint density at radius 3 is 2.72 bits per heavy atom. The van der Waals surface area contributed by atoms with Gasteiger partial charge < -0.3 is 9.47 Å². The third kappa shape index (κ3) is 4.75. The molecule has 4 rings (SSSR count). The van der Waals surface area contributed by atoms with Gasteiger partial charge in [-0.05, 0) is 49.1 Å². The second-order valence-electron chi connectivity index (χ2n) is 8.04. The third-order valence-corrected chi connectivity index (χ3v) is 6.14. The molecule has 29 heavy (non-hydrogen) atoms. The van der Waals surface area contributed by atoms with Crippen LogP contribution in [0.25, 0.3) is 0 Å². The Kier molecular flexibility index (Phi) is 6.39. The fraction of sp³-hybridized carbons (Fsp3) is 0.440. The molecule has 0 unspecified atom stereocenters. The Hall–Kier alpha value is -2.48. The molecule has 0 aliphatic carbocycles. The molecule has 4 nitrogen and oxygen atoms in total. The number of terminal acetylenes is 1. The SMILES string of the molecule is C#CCOc1ccc(CN2C[C@@H]3CCCN3C[C@@H]2Cc2ccccc2)cc1OC. The molecule has 2 fully saturated rings. The number of nitrogens with zero attached hydrogens (tertiary/aromatic N) is 2. The molecule has 0 amide bonds. The van der Waals surface area contributed by atoms with Crippen molar-refractivity contribution in [1.29, 1.82) is 0 Å². The van der Waals surface area contributed by atoms with E-state index in [1.54, 1.807) is 7.11 Å². The van der Waals surface area contributed by atoms with E-state index in [0.29, 0.717) is 17.8 Å². The molecule has 2 atom stereocenters. The van der Waals surface area contributed by atoms with E-state index < -0.39 is 0 Å². The van der Waals surface area contributed by atoms with E-state index in [2.05, 4.69) is 58.2 Å². The minimum absolute atomic E-state index is 0.249. The average molecular weight is 391 g/mol. The van der Waals surface area contributed by atoms with E-state index in [-0.39, 0.29) is 6.61 Å². The molecule has 0 spiro atoms. The molecule has 2 aromatic carbocycles. The zero-order valence-corrected chi connectivity index (χ0v) is 17.2. The van der Waals surface area contributed by atoms with Crippen molar-refractivity contribution in [3.8, 4) is 23.8 Å². The normalized spacial score (nSPS) is 22.1. The Morgan fingerprint density at radius 1 is 1.07 bits per heavy atom. The van der Waals surface area contributed by atoms with E-state index in [9.17, 15) is 0 Å². The van der Waals surface area contributed by atoms with Crippen LogP contribution in [0.4, 0.5) is 0 Å². The van der Waals surface area contributed by atoms with Crippen LogP contribution in [0.5, 0.6) is 11.5 Å². The summed E-state index contributed by atoms with van der Waals surface area (Å²) in [6.45, 7) is 4.71. The summed E-state index contributed by atoms with van der Waals surface area (Å²) in [5, 5.41) is 0. The molecule has 0 saturated carbocycles. The van der Waals surface area contributed by atoms with Gasteiger partial charge in [-0.1, -0.05) is 42.3 Å². The smallest absolute Gasteiger partial charge is 0.162 e. The minimum atomic E-state index is 0.249. The standard InChI is InChI=1S/C25H30N2O2/c1-3-14-29-24-12-11-21(16-25(24)28-2)17-27-18-22-10-7-13-26(22)19-23(27)15-20-8-5-4-6-9-20/h1,4-6,8-9,11-12,16,22-23H,7,10,13-15,17-19H2,2H3/t22-,23-/m0/s1. The van der Waals surface area contributed by atoms with Crippen molar-refractivity contribution in [3.63, 3.8) is 0 Å². The maximum atomic E-state index is 5.60. The van der Waals surface area contributed by atoms with Gasteiger partial charge in [0.05, 0.1) is 7.11 Å². The van der Waals surface area contributed by atoms with Crippen molar-refractivity contribution in [1.82, 2.24) is 9.80 Å². The van der Waals surface area contributed by atoms with Crippen LogP contribution in [0.1, 0.15) is 24.0 Å². The van der Waals surface area contributed by atoms with Gasteiger partial charge in [-0.2, -0.15) is 0 Å². The van der Waals surface area contributed by atoms with Gasteiger partial charge in [-0.15, -0.1) is 6.42 Å². The fourth-order valence-corrected chi connectivity index (χ4v) is 4.71. The zero-order chi connectivity index (χ0) is 20.1. The Bertz CT molecular complexity index is 846. The van der Waals surface area contributed by atoms with E-state index >= 15 is 0 Å². The van der Waals surface area contributed by atoms with Crippen LogP contribution < -0.4 is 9.47 Å². The number of fused-ring (bicyclic) bond motifs is 1. The van der Waals surface area contributed by atoms with Gasteiger partial charge in [0.15, 0.2) is 11.5 Å². The largest absolute Gasteiger partial charge is 0.493 e. The predicted octanol–water partition coefficient (Wildman–Crippen LogP) is 3.60. The van der Waals surface area contributed by atoms with Gasteiger partial charge >= 0.3 is 0 Å². The lowest BCUT2D eigenvalue weighted by atomic mass is 9.99. The Labute approximate surface area is 174 Å².